The summed E-state index contributed by atoms with van der Waals surface area (Å²) in [6.07, 6.45) is 0. The first-order valence-electron chi connectivity index (χ1n) is 26.3. The molecule has 0 amide bonds. The molecule has 3 heterocycles. The summed E-state index contributed by atoms with van der Waals surface area (Å²) in [4.78, 5) is 15.6. The lowest BCUT2D eigenvalue weighted by atomic mass is 9.93. The van der Waals surface area contributed by atoms with E-state index in [1.807, 2.05) is 84.9 Å². The van der Waals surface area contributed by atoms with Gasteiger partial charge in [0.25, 0.3) is 0 Å². The average Bonchev–Trinajstić information content (AvgIpc) is 4.16. The molecule has 14 rings (SSSR count). The zero-order valence-electron chi connectivity index (χ0n) is 42.9. The molecule has 0 aliphatic rings. The highest BCUT2D eigenvalue weighted by Gasteiger charge is 2.24. The first kappa shape index (κ1) is 46.1. The van der Waals surface area contributed by atoms with E-state index < -0.39 is 0 Å². The quantitative estimate of drug-likeness (QED) is 0.144. The average molecular weight is 997 g/mol. The van der Waals surface area contributed by atoms with Gasteiger partial charge < -0.3 is 9.13 Å². The highest BCUT2D eigenvalue weighted by atomic mass is 15.0. The summed E-state index contributed by atoms with van der Waals surface area (Å²) in [6.45, 7) is 4.25. The van der Waals surface area contributed by atoms with Gasteiger partial charge in [0, 0.05) is 49.4 Å². The summed E-state index contributed by atoms with van der Waals surface area (Å²) in [5.74, 6) is 1.74. The SMILES string of the molecule is Cc1ccc(-c2ccc3c(c2)c2ccccc2n3-c2ccc(-c3nc(-c4ccccc4)nc(-c4ccccc4)n3)cc2-c2ccc(-c3ccccc3C#N)cc2-n2c3ccccc3c3cc(-c4ccc(C)cc4)ccc32)cc1. The third-order valence-corrected chi connectivity index (χ3v) is 15.2. The van der Waals surface area contributed by atoms with Crippen molar-refractivity contribution in [3.8, 4) is 96.1 Å². The van der Waals surface area contributed by atoms with Gasteiger partial charge in [-0.25, -0.2) is 15.0 Å². The van der Waals surface area contributed by atoms with E-state index in [1.54, 1.807) is 0 Å². The minimum absolute atomic E-state index is 0.557. The van der Waals surface area contributed by atoms with Gasteiger partial charge in [0.05, 0.1) is 45.1 Å². The van der Waals surface area contributed by atoms with Gasteiger partial charge in [-0.3, -0.25) is 0 Å². The van der Waals surface area contributed by atoms with Crippen molar-refractivity contribution in [3.05, 3.63) is 271 Å². The van der Waals surface area contributed by atoms with Crippen molar-refractivity contribution in [3.63, 3.8) is 0 Å². The number of aryl methyl sites for hydroxylation is 2. The molecular weight excluding hydrogens is 949 g/mol. The highest BCUT2D eigenvalue weighted by molar-refractivity contribution is 6.13. The molecule has 0 aliphatic carbocycles. The standard InChI is InChI=1S/C72H48N6/c1-46-25-29-48(30-26-46)52-34-38-66-61(41-52)58-21-11-13-23-64(58)77(66)67-40-36-55(72-75-70(50-15-5-3-6-16-50)74-71(76-72)51-17-7-4-8-18-51)43-63(67)60-37-33-54(57-20-10-9-19-56(57)45-73)44-69(60)78-65-24-14-12-22-59(65)62-42-53(35-39-68(62)78)49-31-27-47(2)28-32-49/h3-44H,1-2H3. The Hall–Kier alpha value is -10.5. The maximum atomic E-state index is 10.5. The Bertz CT molecular complexity index is 4620. The molecule has 0 saturated carbocycles. The Labute approximate surface area is 452 Å². The Morgan fingerprint density at radius 3 is 1.28 bits per heavy atom. The molecule has 0 aliphatic heterocycles. The first-order valence-corrected chi connectivity index (χ1v) is 26.3. The Balaban J connectivity index is 1.08. The van der Waals surface area contributed by atoms with Crippen LogP contribution in [0.2, 0.25) is 0 Å². The van der Waals surface area contributed by atoms with Crippen LogP contribution in [0.4, 0.5) is 0 Å². The van der Waals surface area contributed by atoms with Crippen LogP contribution in [-0.4, -0.2) is 24.1 Å². The van der Waals surface area contributed by atoms with E-state index in [2.05, 4.69) is 199 Å². The molecule has 0 atom stereocenters. The summed E-state index contributed by atoms with van der Waals surface area (Å²) >= 11 is 0. The third kappa shape index (κ3) is 8.01. The van der Waals surface area contributed by atoms with Crippen molar-refractivity contribution >= 4 is 43.6 Å². The van der Waals surface area contributed by atoms with E-state index in [1.165, 1.54) is 16.7 Å². The number of hydrogen-bond acceptors (Lipinski definition) is 4. The second-order valence-corrected chi connectivity index (χ2v) is 20.1. The molecule has 0 spiro atoms. The van der Waals surface area contributed by atoms with Crippen LogP contribution in [0.1, 0.15) is 16.7 Å². The zero-order chi connectivity index (χ0) is 52.3. The highest BCUT2D eigenvalue weighted by Crippen LogP contribution is 2.45. The summed E-state index contributed by atoms with van der Waals surface area (Å²) in [6, 6.07) is 92.6. The topological polar surface area (TPSA) is 72.3 Å². The fourth-order valence-corrected chi connectivity index (χ4v) is 11.3. The molecule has 366 valence electrons. The molecule has 0 N–H and O–H groups in total. The van der Waals surface area contributed by atoms with Gasteiger partial charge in [-0.2, -0.15) is 5.26 Å². The zero-order valence-corrected chi connectivity index (χ0v) is 42.9. The van der Waals surface area contributed by atoms with Crippen LogP contribution in [0.5, 0.6) is 0 Å². The Morgan fingerprint density at radius 1 is 0.295 bits per heavy atom. The maximum Gasteiger partial charge on any atom is 0.164 e. The number of hydrogen-bond donors (Lipinski definition) is 0. The van der Waals surface area contributed by atoms with E-state index in [4.69, 9.17) is 15.0 Å². The lowest BCUT2D eigenvalue weighted by Crippen LogP contribution is -2.04. The van der Waals surface area contributed by atoms with Crippen molar-refractivity contribution in [2.45, 2.75) is 13.8 Å². The third-order valence-electron chi connectivity index (χ3n) is 15.2. The molecule has 6 heteroatoms. The molecule has 11 aromatic carbocycles. The van der Waals surface area contributed by atoms with Gasteiger partial charge in [0.1, 0.15) is 0 Å². The minimum Gasteiger partial charge on any atom is -0.309 e. The Kier molecular flexibility index (Phi) is 11.2. The lowest BCUT2D eigenvalue weighted by Gasteiger charge is -2.21. The summed E-state index contributed by atoms with van der Waals surface area (Å²) in [5.41, 5.74) is 20.3. The Morgan fingerprint density at radius 2 is 0.731 bits per heavy atom. The number of rotatable bonds is 9. The molecule has 0 radical (unpaired) electrons. The van der Waals surface area contributed by atoms with Crippen LogP contribution < -0.4 is 0 Å². The van der Waals surface area contributed by atoms with Crippen LogP contribution in [-0.2, 0) is 0 Å². The van der Waals surface area contributed by atoms with Crippen molar-refractivity contribution in [1.82, 2.24) is 24.1 Å². The molecule has 0 bridgehead atoms. The number of benzene rings is 11. The molecule has 0 fully saturated rings. The lowest BCUT2D eigenvalue weighted by molar-refractivity contribution is 1.07. The van der Waals surface area contributed by atoms with Crippen LogP contribution >= 0.6 is 0 Å². The number of nitrogens with zero attached hydrogens (tertiary/aromatic N) is 6. The maximum absolute atomic E-state index is 10.5. The second-order valence-electron chi connectivity index (χ2n) is 20.1. The van der Waals surface area contributed by atoms with E-state index in [-0.39, 0.29) is 0 Å². The van der Waals surface area contributed by atoms with Crippen molar-refractivity contribution < 1.29 is 0 Å². The van der Waals surface area contributed by atoms with Gasteiger partial charge >= 0.3 is 0 Å². The summed E-state index contributed by atoms with van der Waals surface area (Å²) in [5, 5.41) is 15.1. The van der Waals surface area contributed by atoms with E-state index >= 15 is 0 Å². The number of fused-ring (bicyclic) bond motifs is 6. The number of nitriles is 1. The molecule has 0 unspecified atom stereocenters. The predicted molar refractivity (Wildman–Crippen MR) is 321 cm³/mol. The van der Waals surface area contributed by atoms with Gasteiger partial charge in [-0.05, 0) is 114 Å². The molecule has 78 heavy (non-hydrogen) atoms. The monoisotopic (exact) mass is 996 g/mol. The second kappa shape index (κ2) is 19.0. The van der Waals surface area contributed by atoms with Gasteiger partial charge in [0.2, 0.25) is 0 Å². The van der Waals surface area contributed by atoms with E-state index in [0.717, 1.165) is 111 Å². The number of aromatic nitrogens is 5. The van der Waals surface area contributed by atoms with Gasteiger partial charge in [-0.15, -0.1) is 0 Å². The van der Waals surface area contributed by atoms with E-state index in [0.29, 0.717) is 23.0 Å². The smallest absolute Gasteiger partial charge is 0.164 e. The summed E-state index contributed by atoms with van der Waals surface area (Å²) < 4.78 is 4.83. The molecule has 14 aromatic rings. The van der Waals surface area contributed by atoms with Crippen molar-refractivity contribution in [2.24, 2.45) is 0 Å². The predicted octanol–water partition coefficient (Wildman–Crippen LogP) is 18.2. The van der Waals surface area contributed by atoms with Crippen LogP contribution in [0.25, 0.3) is 134 Å². The van der Waals surface area contributed by atoms with Gasteiger partial charge in [-0.1, -0.05) is 199 Å². The van der Waals surface area contributed by atoms with Crippen LogP contribution in [0.3, 0.4) is 0 Å². The fraction of sp³-hybridized carbons (Fsp3) is 0.0278. The van der Waals surface area contributed by atoms with Crippen LogP contribution in [0, 0.1) is 25.2 Å². The van der Waals surface area contributed by atoms with E-state index in [9.17, 15) is 5.26 Å². The molecule has 6 nitrogen and oxygen atoms in total. The van der Waals surface area contributed by atoms with Crippen molar-refractivity contribution in [2.75, 3.05) is 0 Å². The fourth-order valence-electron chi connectivity index (χ4n) is 11.3. The largest absolute Gasteiger partial charge is 0.309 e. The molecule has 0 saturated heterocycles. The minimum atomic E-state index is 0.557. The normalized spacial score (nSPS) is 11.4. The molecule has 3 aromatic heterocycles. The first-order chi connectivity index (χ1) is 38.4. The van der Waals surface area contributed by atoms with Gasteiger partial charge in [0.15, 0.2) is 17.5 Å². The van der Waals surface area contributed by atoms with Crippen LogP contribution in [0.15, 0.2) is 255 Å². The number of para-hydroxylation sites is 2. The molecular formula is C72H48N6. The van der Waals surface area contributed by atoms with Crippen molar-refractivity contribution in [1.29, 1.82) is 5.26 Å². The summed E-state index contributed by atoms with van der Waals surface area (Å²) in [7, 11) is 0.